The molecule has 1 aromatic carbocycles. The van der Waals surface area contributed by atoms with Gasteiger partial charge in [-0.3, -0.25) is 4.68 Å². The van der Waals surface area contributed by atoms with E-state index in [1.165, 1.54) is 25.0 Å². The quantitative estimate of drug-likeness (QED) is 0.903. The summed E-state index contributed by atoms with van der Waals surface area (Å²) < 4.78 is 25.8. The van der Waals surface area contributed by atoms with E-state index in [1.54, 1.807) is 19.2 Å². The lowest BCUT2D eigenvalue weighted by molar-refractivity contribution is 0.379. The van der Waals surface area contributed by atoms with Crippen molar-refractivity contribution < 1.29 is 13.9 Å². The van der Waals surface area contributed by atoms with Gasteiger partial charge >= 0.3 is 0 Å². The van der Waals surface area contributed by atoms with E-state index in [-0.39, 0.29) is 11.3 Å². The Morgan fingerprint density at radius 3 is 2.33 bits per heavy atom. The maximum atomic E-state index is 14.3. The lowest BCUT2D eigenvalue weighted by Crippen LogP contribution is -1.98. The van der Waals surface area contributed by atoms with Gasteiger partial charge in [0.15, 0.2) is 11.6 Å². The predicted molar refractivity (Wildman–Crippen MR) is 66.1 cm³/mol. The third-order valence-corrected chi connectivity index (χ3v) is 2.68. The Labute approximate surface area is 104 Å². The van der Waals surface area contributed by atoms with Crippen molar-refractivity contribution in [2.24, 2.45) is 7.05 Å². The van der Waals surface area contributed by atoms with Gasteiger partial charge in [-0.1, -0.05) is 0 Å². The van der Waals surface area contributed by atoms with Crippen LogP contribution in [0, 0.1) is 5.82 Å². The highest BCUT2D eigenvalue weighted by atomic mass is 19.1. The summed E-state index contributed by atoms with van der Waals surface area (Å²) in [6.07, 6.45) is 0. The number of nitrogens with zero attached hydrogens (tertiary/aromatic N) is 2. The molecule has 2 rings (SSSR count). The van der Waals surface area contributed by atoms with E-state index in [0.717, 1.165) is 0 Å². The Balaban J connectivity index is 2.67. The highest BCUT2D eigenvalue weighted by Gasteiger charge is 2.19. The number of aryl methyl sites for hydroxylation is 1. The standard InChI is InChI=1S/C12H14FN3O2/c1-16-10(14)6-7(15-16)11-8(17-2)4-5-9(18-3)12(11)13/h4-6H,14H2,1-3H3. The summed E-state index contributed by atoms with van der Waals surface area (Å²) in [5.74, 6) is 0.436. The fourth-order valence-corrected chi connectivity index (χ4v) is 1.71. The summed E-state index contributed by atoms with van der Waals surface area (Å²) in [5, 5.41) is 4.14. The minimum Gasteiger partial charge on any atom is -0.496 e. The SMILES string of the molecule is COc1ccc(OC)c(-c2cc(N)n(C)n2)c1F. The van der Waals surface area contributed by atoms with E-state index < -0.39 is 5.82 Å². The lowest BCUT2D eigenvalue weighted by Gasteiger charge is -2.10. The van der Waals surface area contributed by atoms with Gasteiger partial charge in [-0.15, -0.1) is 0 Å². The Kier molecular flexibility index (Phi) is 3.10. The molecule has 2 aromatic rings. The van der Waals surface area contributed by atoms with Crippen LogP contribution in [0.5, 0.6) is 11.5 Å². The molecule has 0 unspecified atom stereocenters. The number of hydrogen-bond acceptors (Lipinski definition) is 4. The van der Waals surface area contributed by atoms with Crippen molar-refractivity contribution in [3.8, 4) is 22.8 Å². The molecule has 6 heteroatoms. The average Bonchev–Trinajstić information content (AvgIpc) is 2.68. The van der Waals surface area contributed by atoms with Crippen molar-refractivity contribution in [2.75, 3.05) is 20.0 Å². The fourth-order valence-electron chi connectivity index (χ4n) is 1.71. The molecular formula is C12H14FN3O2. The second kappa shape index (κ2) is 4.56. The Hall–Kier alpha value is -2.24. The molecule has 0 aliphatic heterocycles. The number of benzene rings is 1. The fraction of sp³-hybridized carbons (Fsp3) is 0.250. The normalized spacial score (nSPS) is 10.4. The van der Waals surface area contributed by atoms with Gasteiger partial charge in [0, 0.05) is 13.1 Å². The highest BCUT2D eigenvalue weighted by Crippen LogP contribution is 2.36. The van der Waals surface area contributed by atoms with Gasteiger partial charge in [-0.25, -0.2) is 4.39 Å². The molecule has 0 saturated heterocycles. The molecule has 0 bridgehead atoms. The minimum absolute atomic E-state index is 0.134. The molecule has 0 fully saturated rings. The number of methoxy groups -OCH3 is 2. The number of halogens is 1. The molecular weight excluding hydrogens is 237 g/mol. The molecule has 0 radical (unpaired) electrons. The van der Waals surface area contributed by atoms with Gasteiger partial charge in [-0.05, 0) is 12.1 Å². The first-order valence-electron chi connectivity index (χ1n) is 5.28. The second-order valence-corrected chi connectivity index (χ2v) is 3.74. The maximum Gasteiger partial charge on any atom is 0.178 e. The molecule has 0 spiro atoms. The summed E-state index contributed by atoms with van der Waals surface area (Å²) in [4.78, 5) is 0. The lowest BCUT2D eigenvalue weighted by atomic mass is 10.1. The van der Waals surface area contributed by atoms with Crippen LogP contribution in [0.1, 0.15) is 0 Å². The van der Waals surface area contributed by atoms with E-state index in [1.807, 2.05) is 0 Å². The zero-order valence-electron chi connectivity index (χ0n) is 10.4. The number of aromatic nitrogens is 2. The van der Waals surface area contributed by atoms with Gasteiger partial charge in [0.05, 0.1) is 19.8 Å². The number of hydrogen-bond donors (Lipinski definition) is 1. The van der Waals surface area contributed by atoms with E-state index in [4.69, 9.17) is 15.2 Å². The summed E-state index contributed by atoms with van der Waals surface area (Å²) in [5.41, 5.74) is 6.34. The van der Waals surface area contributed by atoms with Crippen LogP contribution in [-0.4, -0.2) is 24.0 Å². The van der Waals surface area contributed by atoms with E-state index >= 15 is 0 Å². The molecule has 0 aliphatic carbocycles. The second-order valence-electron chi connectivity index (χ2n) is 3.74. The zero-order chi connectivity index (χ0) is 13.3. The van der Waals surface area contributed by atoms with E-state index in [0.29, 0.717) is 17.3 Å². The van der Waals surface area contributed by atoms with Crippen molar-refractivity contribution in [1.82, 2.24) is 9.78 Å². The summed E-state index contributed by atoms with van der Waals surface area (Å²) in [6.45, 7) is 0. The largest absolute Gasteiger partial charge is 0.496 e. The van der Waals surface area contributed by atoms with Crippen molar-refractivity contribution in [2.45, 2.75) is 0 Å². The Morgan fingerprint density at radius 2 is 1.83 bits per heavy atom. The third kappa shape index (κ3) is 1.85. The highest BCUT2D eigenvalue weighted by molar-refractivity contribution is 5.71. The van der Waals surface area contributed by atoms with Crippen LogP contribution >= 0.6 is 0 Å². The van der Waals surface area contributed by atoms with Crippen molar-refractivity contribution in [1.29, 1.82) is 0 Å². The van der Waals surface area contributed by atoms with Crippen molar-refractivity contribution in [3.63, 3.8) is 0 Å². The molecule has 18 heavy (non-hydrogen) atoms. The molecule has 1 aromatic heterocycles. The number of anilines is 1. The van der Waals surface area contributed by atoms with Gasteiger partial charge in [-0.2, -0.15) is 5.10 Å². The van der Waals surface area contributed by atoms with Crippen LogP contribution in [0.15, 0.2) is 18.2 Å². The van der Waals surface area contributed by atoms with Crippen LogP contribution in [0.2, 0.25) is 0 Å². The number of nitrogens with two attached hydrogens (primary N) is 1. The van der Waals surface area contributed by atoms with Crippen molar-refractivity contribution >= 4 is 5.82 Å². The van der Waals surface area contributed by atoms with Crippen LogP contribution in [0.25, 0.3) is 11.3 Å². The first-order chi connectivity index (χ1) is 8.58. The predicted octanol–water partition coefficient (Wildman–Crippen LogP) is 1.83. The Bertz CT molecular complexity index is 561. The Morgan fingerprint density at radius 1 is 1.22 bits per heavy atom. The number of rotatable bonds is 3. The first kappa shape index (κ1) is 12.2. The van der Waals surface area contributed by atoms with E-state index in [2.05, 4.69) is 5.10 Å². The molecule has 0 atom stereocenters. The number of nitrogen functional groups attached to an aromatic ring is 1. The molecule has 0 amide bonds. The van der Waals surface area contributed by atoms with Gasteiger partial charge in [0.1, 0.15) is 17.3 Å². The van der Waals surface area contributed by atoms with Crippen molar-refractivity contribution in [3.05, 3.63) is 24.0 Å². The van der Waals surface area contributed by atoms with Crippen LogP contribution in [0.3, 0.4) is 0 Å². The molecule has 0 aliphatic rings. The third-order valence-electron chi connectivity index (χ3n) is 2.68. The summed E-state index contributed by atoms with van der Waals surface area (Å²) >= 11 is 0. The van der Waals surface area contributed by atoms with Gasteiger partial charge in [0.25, 0.3) is 0 Å². The zero-order valence-corrected chi connectivity index (χ0v) is 10.4. The topological polar surface area (TPSA) is 62.3 Å². The summed E-state index contributed by atoms with van der Waals surface area (Å²) in [6, 6.07) is 4.71. The maximum absolute atomic E-state index is 14.3. The monoisotopic (exact) mass is 251 g/mol. The molecule has 2 N–H and O–H groups in total. The van der Waals surface area contributed by atoms with Crippen LogP contribution in [-0.2, 0) is 7.05 Å². The molecule has 1 heterocycles. The average molecular weight is 251 g/mol. The van der Waals surface area contributed by atoms with Gasteiger partial charge < -0.3 is 15.2 Å². The van der Waals surface area contributed by atoms with E-state index in [9.17, 15) is 4.39 Å². The van der Waals surface area contributed by atoms with Gasteiger partial charge in [0.2, 0.25) is 0 Å². The molecule has 5 nitrogen and oxygen atoms in total. The summed E-state index contributed by atoms with van der Waals surface area (Å²) in [7, 11) is 4.56. The smallest absolute Gasteiger partial charge is 0.178 e. The minimum atomic E-state index is -0.519. The van der Waals surface area contributed by atoms with Crippen LogP contribution < -0.4 is 15.2 Å². The van der Waals surface area contributed by atoms with Crippen LogP contribution in [0.4, 0.5) is 10.2 Å². The molecule has 0 saturated carbocycles. The first-order valence-corrected chi connectivity index (χ1v) is 5.28. The molecule has 96 valence electrons. The number of ether oxygens (including phenoxy) is 2.